The van der Waals surface area contributed by atoms with Gasteiger partial charge in [0.05, 0.1) is 11.1 Å². The number of carbonyl (C=O) groups excluding carboxylic acids is 1. The maximum Gasteiger partial charge on any atom is 0.257 e. The maximum atomic E-state index is 12.3. The predicted octanol–water partition coefficient (Wildman–Crippen LogP) is 5.02. The minimum atomic E-state index is -0.302. The summed E-state index contributed by atoms with van der Waals surface area (Å²) in [5, 5.41) is 6.41. The number of carbonyl (C=O) groups is 1. The molecule has 4 nitrogen and oxygen atoms in total. The van der Waals surface area contributed by atoms with Crippen LogP contribution in [0.25, 0.3) is 0 Å². The van der Waals surface area contributed by atoms with Gasteiger partial charge in [-0.25, -0.2) is 0 Å². The molecule has 0 bridgehead atoms. The Balaban J connectivity index is 1.97. The third-order valence-electron chi connectivity index (χ3n) is 2.98. The fourth-order valence-electron chi connectivity index (χ4n) is 1.84. The van der Waals surface area contributed by atoms with E-state index in [1.54, 1.807) is 42.5 Å². The van der Waals surface area contributed by atoms with Crippen LogP contribution in [0, 0.1) is 0 Å². The number of rotatable bonds is 5. The Morgan fingerprint density at radius 1 is 1.25 bits per heavy atom. The first-order valence-corrected chi connectivity index (χ1v) is 8.87. The molecule has 0 aliphatic carbocycles. The second kappa shape index (κ2) is 9.01. The summed E-state index contributed by atoms with van der Waals surface area (Å²) < 4.78 is 6.29. The van der Waals surface area contributed by atoms with Gasteiger partial charge in [-0.1, -0.05) is 18.5 Å². The van der Waals surface area contributed by atoms with E-state index in [0.29, 0.717) is 22.9 Å². The highest BCUT2D eigenvalue weighted by molar-refractivity contribution is 9.10. The van der Waals surface area contributed by atoms with Crippen LogP contribution in [0.15, 0.2) is 46.9 Å². The lowest BCUT2D eigenvalue weighted by molar-refractivity contribution is 0.0977. The molecule has 0 fully saturated rings. The van der Waals surface area contributed by atoms with Gasteiger partial charge in [0.25, 0.3) is 5.91 Å². The van der Waals surface area contributed by atoms with Crippen molar-refractivity contribution in [3.8, 4) is 5.75 Å². The van der Waals surface area contributed by atoms with Crippen LogP contribution < -0.4 is 15.4 Å². The van der Waals surface area contributed by atoms with Crippen LogP contribution in [-0.2, 0) is 0 Å². The van der Waals surface area contributed by atoms with Gasteiger partial charge < -0.3 is 10.1 Å². The number of amides is 1. The lowest BCUT2D eigenvalue weighted by Gasteiger charge is -2.11. The molecule has 0 saturated carbocycles. The number of hydrogen-bond acceptors (Lipinski definition) is 3. The number of halogens is 2. The Kier molecular flexibility index (Phi) is 7.02. The van der Waals surface area contributed by atoms with Gasteiger partial charge in [0.1, 0.15) is 5.75 Å². The Bertz CT molecular complexity index is 738. The van der Waals surface area contributed by atoms with E-state index in [-0.39, 0.29) is 11.0 Å². The minimum Gasteiger partial charge on any atom is -0.492 e. The van der Waals surface area contributed by atoms with Gasteiger partial charge in [-0.3, -0.25) is 10.1 Å². The van der Waals surface area contributed by atoms with Gasteiger partial charge in [-0.05, 0) is 77.0 Å². The molecule has 0 aromatic heterocycles. The number of anilines is 1. The predicted molar refractivity (Wildman–Crippen MR) is 105 cm³/mol. The van der Waals surface area contributed by atoms with Crippen LogP contribution in [0.2, 0.25) is 5.02 Å². The molecular weight excluding hydrogens is 412 g/mol. The van der Waals surface area contributed by atoms with Crippen molar-refractivity contribution < 1.29 is 9.53 Å². The molecule has 0 aliphatic rings. The lowest BCUT2D eigenvalue weighted by atomic mass is 10.2. The summed E-state index contributed by atoms with van der Waals surface area (Å²) in [6, 6.07) is 12.2. The van der Waals surface area contributed by atoms with Gasteiger partial charge >= 0.3 is 0 Å². The van der Waals surface area contributed by atoms with E-state index in [9.17, 15) is 4.79 Å². The first kappa shape index (κ1) is 18.7. The Morgan fingerprint density at radius 3 is 2.58 bits per heavy atom. The smallest absolute Gasteiger partial charge is 0.257 e. The standard InChI is InChI=1S/C17H16BrClN2O2S/c1-2-9-23-15-8-3-11(10-14(15)18)16(22)21-17(24)20-13-6-4-12(19)5-7-13/h3-8,10H,2,9H2,1H3,(H2,20,21,22,24). The molecule has 126 valence electrons. The van der Waals surface area contributed by atoms with Crippen LogP contribution >= 0.6 is 39.7 Å². The molecule has 0 atom stereocenters. The van der Waals surface area contributed by atoms with Crippen LogP contribution in [0.3, 0.4) is 0 Å². The molecule has 0 aliphatic heterocycles. The molecule has 7 heteroatoms. The number of ether oxygens (including phenoxy) is 1. The first-order chi connectivity index (χ1) is 11.5. The van der Waals surface area contributed by atoms with E-state index in [4.69, 9.17) is 28.6 Å². The van der Waals surface area contributed by atoms with Gasteiger partial charge in [-0.15, -0.1) is 0 Å². The second-order valence-corrected chi connectivity index (χ2v) is 6.61. The van der Waals surface area contributed by atoms with Gasteiger partial charge in [0.2, 0.25) is 0 Å². The number of hydrogen-bond donors (Lipinski definition) is 2. The van der Waals surface area contributed by atoms with E-state index in [2.05, 4.69) is 26.6 Å². The molecule has 1 amide bonds. The zero-order valence-corrected chi connectivity index (χ0v) is 16.1. The first-order valence-electron chi connectivity index (χ1n) is 7.30. The average molecular weight is 428 g/mol. The monoisotopic (exact) mass is 426 g/mol. The van der Waals surface area contributed by atoms with Crippen molar-refractivity contribution in [2.45, 2.75) is 13.3 Å². The van der Waals surface area contributed by atoms with Crippen molar-refractivity contribution in [1.29, 1.82) is 0 Å². The zero-order chi connectivity index (χ0) is 17.5. The quantitative estimate of drug-likeness (QED) is 0.658. The largest absolute Gasteiger partial charge is 0.492 e. The molecule has 0 saturated heterocycles. The molecule has 0 heterocycles. The minimum absolute atomic E-state index is 0.213. The third-order valence-corrected chi connectivity index (χ3v) is 4.06. The van der Waals surface area contributed by atoms with E-state index in [1.807, 2.05) is 6.92 Å². The van der Waals surface area contributed by atoms with Crippen molar-refractivity contribution in [3.63, 3.8) is 0 Å². The molecule has 2 aromatic carbocycles. The summed E-state index contributed by atoms with van der Waals surface area (Å²) in [4.78, 5) is 12.3. The Labute approximate surface area is 159 Å². The van der Waals surface area contributed by atoms with E-state index < -0.39 is 0 Å². The number of thiocarbonyl (C=S) groups is 1. The third kappa shape index (κ3) is 5.47. The fraction of sp³-hybridized carbons (Fsp3) is 0.176. The van der Waals surface area contributed by atoms with Crippen molar-refractivity contribution in [3.05, 3.63) is 57.5 Å². The van der Waals surface area contributed by atoms with E-state index in [0.717, 1.165) is 16.6 Å². The molecular formula is C17H16BrClN2O2S. The van der Waals surface area contributed by atoms with Crippen molar-refractivity contribution in [2.75, 3.05) is 11.9 Å². The van der Waals surface area contributed by atoms with Crippen LogP contribution in [0.5, 0.6) is 5.75 Å². The highest BCUT2D eigenvalue weighted by atomic mass is 79.9. The molecule has 0 unspecified atom stereocenters. The molecule has 2 N–H and O–H groups in total. The van der Waals surface area contributed by atoms with Crippen LogP contribution in [0.4, 0.5) is 5.69 Å². The fourth-order valence-corrected chi connectivity index (χ4v) is 2.67. The van der Waals surface area contributed by atoms with Gasteiger partial charge in [-0.2, -0.15) is 0 Å². The summed E-state index contributed by atoms with van der Waals surface area (Å²) in [6.45, 7) is 2.66. The van der Waals surface area contributed by atoms with E-state index in [1.165, 1.54) is 0 Å². The normalized spacial score (nSPS) is 10.1. The molecule has 2 aromatic rings. The summed E-state index contributed by atoms with van der Waals surface area (Å²) >= 11 is 14.4. The molecule has 0 radical (unpaired) electrons. The van der Waals surface area contributed by atoms with Crippen LogP contribution in [-0.4, -0.2) is 17.6 Å². The zero-order valence-electron chi connectivity index (χ0n) is 12.9. The van der Waals surface area contributed by atoms with Crippen molar-refractivity contribution in [1.82, 2.24) is 5.32 Å². The lowest BCUT2D eigenvalue weighted by Crippen LogP contribution is -2.34. The highest BCUT2D eigenvalue weighted by Crippen LogP contribution is 2.26. The van der Waals surface area contributed by atoms with Crippen molar-refractivity contribution >= 4 is 56.5 Å². The topological polar surface area (TPSA) is 50.4 Å². The highest BCUT2D eigenvalue weighted by Gasteiger charge is 2.11. The molecule has 2 rings (SSSR count). The van der Waals surface area contributed by atoms with Gasteiger partial charge in [0, 0.05) is 16.3 Å². The summed E-state index contributed by atoms with van der Waals surface area (Å²) in [5.74, 6) is 0.402. The van der Waals surface area contributed by atoms with E-state index >= 15 is 0 Å². The molecule has 0 spiro atoms. The summed E-state index contributed by atoms with van der Waals surface area (Å²) in [7, 11) is 0. The molecule has 24 heavy (non-hydrogen) atoms. The Hall–Kier alpha value is -1.63. The Morgan fingerprint density at radius 2 is 1.96 bits per heavy atom. The second-order valence-electron chi connectivity index (χ2n) is 4.91. The van der Waals surface area contributed by atoms with Crippen LogP contribution in [0.1, 0.15) is 23.7 Å². The SMILES string of the molecule is CCCOc1ccc(C(=O)NC(=S)Nc2ccc(Cl)cc2)cc1Br. The summed E-state index contributed by atoms with van der Waals surface area (Å²) in [5.41, 5.74) is 1.22. The van der Waals surface area contributed by atoms with Crippen molar-refractivity contribution in [2.24, 2.45) is 0 Å². The summed E-state index contributed by atoms with van der Waals surface area (Å²) in [6.07, 6.45) is 0.916. The number of benzene rings is 2. The average Bonchev–Trinajstić information content (AvgIpc) is 2.55. The number of nitrogens with one attached hydrogen (secondary N) is 2. The van der Waals surface area contributed by atoms with Gasteiger partial charge in [0.15, 0.2) is 5.11 Å². The maximum absolute atomic E-state index is 12.3.